The number of pyridine rings is 2. The number of aromatic nitrogens is 3. The van der Waals surface area contributed by atoms with E-state index in [1.165, 1.54) is 115 Å². The van der Waals surface area contributed by atoms with Gasteiger partial charge in [-0.25, -0.2) is 0 Å². The standard InChI is InChI=1S/C49H29N3O/c1-26-10-5-11-27(2)40(26)37-25-51-48-44-32(21-22-39-46(44)49(51)45-33(17-9-20-38(45)53-39)36-19-3-4-23-50(36)49)35-24-29-14-8-16-31-30-15-6-12-28-13-7-18-34(41(28)30)43(42(29)31)47(35)52(37)48/h3-25H,1-2H3/q+2. The Bertz CT molecular complexity index is 3550. The summed E-state index contributed by atoms with van der Waals surface area (Å²) in [5, 5.41) is 14.2. The molecule has 11 aromatic rings. The van der Waals surface area contributed by atoms with Crippen LogP contribution in [-0.2, 0) is 5.66 Å². The lowest BCUT2D eigenvalue weighted by molar-refractivity contribution is -0.950. The van der Waals surface area contributed by atoms with Crippen molar-refractivity contribution in [2.45, 2.75) is 19.5 Å². The average molecular weight is 676 g/mol. The van der Waals surface area contributed by atoms with Crippen LogP contribution in [-0.4, -0.2) is 4.40 Å². The van der Waals surface area contributed by atoms with Crippen LogP contribution in [0.3, 0.4) is 0 Å². The maximum atomic E-state index is 6.93. The molecule has 0 saturated heterocycles. The molecule has 1 atom stereocenters. The van der Waals surface area contributed by atoms with Gasteiger partial charge in [-0.15, -0.1) is 4.57 Å². The zero-order valence-electron chi connectivity index (χ0n) is 29.0. The Morgan fingerprint density at radius 2 is 1.26 bits per heavy atom. The fourth-order valence-corrected chi connectivity index (χ4v) is 11.2. The van der Waals surface area contributed by atoms with Crippen molar-refractivity contribution in [3.05, 3.63) is 162 Å². The molecule has 244 valence electrons. The third kappa shape index (κ3) is 2.75. The number of hydrogen-bond donors (Lipinski definition) is 0. The highest BCUT2D eigenvalue weighted by atomic mass is 16.5. The molecule has 3 aliphatic rings. The molecule has 0 aliphatic carbocycles. The Balaban J connectivity index is 1.34. The summed E-state index contributed by atoms with van der Waals surface area (Å²) in [4.78, 5) is 0. The summed E-state index contributed by atoms with van der Waals surface area (Å²) in [6.07, 6.45) is 4.74. The van der Waals surface area contributed by atoms with Gasteiger partial charge in [0.05, 0.1) is 10.9 Å². The van der Waals surface area contributed by atoms with E-state index < -0.39 is 5.66 Å². The number of ether oxygens (including phenoxy) is 1. The topological polar surface area (TPSA) is 21.4 Å². The Morgan fingerprint density at radius 1 is 0.547 bits per heavy atom. The van der Waals surface area contributed by atoms with Gasteiger partial charge in [-0.1, -0.05) is 78.9 Å². The number of rotatable bonds is 1. The molecule has 0 fully saturated rings. The van der Waals surface area contributed by atoms with Crippen LogP contribution in [0.15, 0.2) is 140 Å². The van der Waals surface area contributed by atoms with Gasteiger partial charge in [-0.2, -0.15) is 8.97 Å². The molecule has 3 aliphatic heterocycles. The summed E-state index contributed by atoms with van der Waals surface area (Å²) in [6.45, 7) is 4.53. The zero-order valence-corrected chi connectivity index (χ0v) is 29.0. The first-order chi connectivity index (χ1) is 26.1. The average Bonchev–Trinajstić information content (AvgIpc) is 3.82. The van der Waals surface area contributed by atoms with Crippen molar-refractivity contribution < 1.29 is 13.9 Å². The minimum atomic E-state index is -0.649. The third-order valence-corrected chi connectivity index (χ3v) is 13.0. The minimum Gasteiger partial charge on any atom is -0.456 e. The van der Waals surface area contributed by atoms with Crippen molar-refractivity contribution in [2.24, 2.45) is 0 Å². The van der Waals surface area contributed by atoms with E-state index in [9.17, 15) is 0 Å². The predicted molar refractivity (Wildman–Crippen MR) is 212 cm³/mol. The van der Waals surface area contributed by atoms with Crippen molar-refractivity contribution in [3.63, 3.8) is 0 Å². The van der Waals surface area contributed by atoms with E-state index in [1.807, 2.05) is 0 Å². The minimum absolute atomic E-state index is 0.649. The lowest BCUT2D eigenvalue weighted by Gasteiger charge is -2.27. The second-order valence-corrected chi connectivity index (χ2v) is 15.3. The van der Waals surface area contributed by atoms with Crippen LogP contribution >= 0.6 is 0 Å². The highest BCUT2D eigenvalue weighted by Gasteiger charge is 2.68. The lowest BCUT2D eigenvalue weighted by atomic mass is 9.84. The van der Waals surface area contributed by atoms with Gasteiger partial charge in [0, 0.05) is 39.2 Å². The van der Waals surface area contributed by atoms with E-state index >= 15 is 0 Å². The SMILES string of the molecule is Cc1cccc(C)c1-c1c[n+]2c3c4c5c(ccc4c4cc6cccc7c8cccc9cccc(c98)c(c67)c4n13)Oc1cccc3c1C52[n+]1ccccc1-3. The summed E-state index contributed by atoms with van der Waals surface area (Å²) in [7, 11) is 0. The highest BCUT2D eigenvalue weighted by Crippen LogP contribution is 2.58. The van der Waals surface area contributed by atoms with E-state index in [0.29, 0.717) is 0 Å². The van der Waals surface area contributed by atoms with Crippen LogP contribution in [0.1, 0.15) is 22.3 Å². The van der Waals surface area contributed by atoms with Gasteiger partial charge in [0.15, 0.2) is 11.9 Å². The number of hydrogen-bond acceptors (Lipinski definition) is 1. The molecular formula is C49H29N3O+2. The van der Waals surface area contributed by atoms with Crippen LogP contribution in [0.2, 0.25) is 0 Å². The fourth-order valence-electron chi connectivity index (χ4n) is 11.2. The summed E-state index contributed by atoms with van der Waals surface area (Å²) < 4.78 is 14.7. The maximum absolute atomic E-state index is 6.93. The van der Waals surface area contributed by atoms with Gasteiger partial charge in [0.1, 0.15) is 34.3 Å². The van der Waals surface area contributed by atoms with E-state index in [1.54, 1.807) is 0 Å². The Hall–Kier alpha value is -6.78. The molecule has 0 bridgehead atoms. The van der Waals surface area contributed by atoms with E-state index in [-0.39, 0.29) is 0 Å². The van der Waals surface area contributed by atoms with E-state index in [0.717, 1.165) is 11.5 Å². The molecule has 14 rings (SSSR count). The van der Waals surface area contributed by atoms with E-state index in [4.69, 9.17) is 4.74 Å². The van der Waals surface area contributed by atoms with Crippen molar-refractivity contribution >= 4 is 70.4 Å². The molecule has 6 heterocycles. The number of benzene rings is 8. The summed E-state index contributed by atoms with van der Waals surface area (Å²) in [5.74, 6) is 1.85. The summed E-state index contributed by atoms with van der Waals surface area (Å²) in [5.41, 5.74) is 11.7. The van der Waals surface area contributed by atoms with Gasteiger partial charge in [0.2, 0.25) is 5.69 Å². The Morgan fingerprint density at radius 3 is 2.11 bits per heavy atom. The predicted octanol–water partition coefficient (Wildman–Crippen LogP) is 10.9. The Labute approximate surface area is 303 Å². The molecule has 3 aromatic heterocycles. The molecular weight excluding hydrogens is 647 g/mol. The fraction of sp³-hybridized carbons (Fsp3) is 0.0612. The molecule has 1 spiro atoms. The first-order valence-corrected chi connectivity index (χ1v) is 18.5. The Kier molecular flexibility index (Phi) is 4.39. The molecule has 4 heteroatoms. The second kappa shape index (κ2) is 8.63. The molecule has 0 radical (unpaired) electrons. The molecule has 53 heavy (non-hydrogen) atoms. The van der Waals surface area contributed by atoms with Crippen molar-refractivity contribution in [2.75, 3.05) is 0 Å². The van der Waals surface area contributed by atoms with Gasteiger partial charge < -0.3 is 4.74 Å². The molecule has 4 nitrogen and oxygen atoms in total. The highest BCUT2D eigenvalue weighted by molar-refractivity contribution is 6.39. The van der Waals surface area contributed by atoms with Gasteiger partial charge in [-0.05, 0) is 93.7 Å². The van der Waals surface area contributed by atoms with Crippen molar-refractivity contribution in [1.29, 1.82) is 0 Å². The number of nitrogens with zero attached hydrogens (tertiary/aromatic N) is 3. The smallest absolute Gasteiger partial charge is 0.371 e. The first-order valence-electron chi connectivity index (χ1n) is 18.5. The van der Waals surface area contributed by atoms with Gasteiger partial charge in [0.25, 0.3) is 0 Å². The van der Waals surface area contributed by atoms with Crippen LogP contribution in [0.25, 0.3) is 92.9 Å². The largest absolute Gasteiger partial charge is 0.456 e. The van der Waals surface area contributed by atoms with Crippen molar-refractivity contribution in [1.82, 2.24) is 4.40 Å². The molecule has 0 N–H and O–H groups in total. The zero-order chi connectivity index (χ0) is 34.5. The van der Waals surface area contributed by atoms with Crippen molar-refractivity contribution in [3.8, 4) is 34.0 Å². The van der Waals surface area contributed by atoms with Gasteiger partial charge >= 0.3 is 11.3 Å². The summed E-state index contributed by atoms with van der Waals surface area (Å²) in [6, 6.07) is 47.4. The second-order valence-electron chi connectivity index (χ2n) is 15.3. The molecule has 0 saturated carbocycles. The monoisotopic (exact) mass is 675 g/mol. The molecule has 1 unspecified atom stereocenters. The number of aryl methyl sites for hydroxylation is 2. The van der Waals surface area contributed by atoms with Crippen LogP contribution < -0.4 is 13.9 Å². The van der Waals surface area contributed by atoms with Crippen LogP contribution in [0.4, 0.5) is 0 Å². The quantitative estimate of drug-likeness (QED) is 0.0964. The number of fused-ring (bicyclic) bond motifs is 8. The van der Waals surface area contributed by atoms with Gasteiger partial charge in [-0.3, -0.25) is 0 Å². The van der Waals surface area contributed by atoms with E-state index in [2.05, 4.69) is 167 Å². The normalized spacial score (nSPS) is 16.3. The molecule has 8 aromatic carbocycles. The van der Waals surface area contributed by atoms with Crippen LogP contribution in [0, 0.1) is 13.8 Å². The first kappa shape index (κ1) is 26.9. The summed E-state index contributed by atoms with van der Waals surface area (Å²) >= 11 is 0. The number of imidazole rings is 1. The third-order valence-electron chi connectivity index (χ3n) is 13.0. The van der Waals surface area contributed by atoms with Crippen LogP contribution in [0.5, 0.6) is 11.5 Å². The molecule has 0 amide bonds. The maximum Gasteiger partial charge on any atom is 0.371 e. The lowest BCUT2D eigenvalue weighted by Crippen LogP contribution is -2.71.